The van der Waals surface area contributed by atoms with Crippen molar-refractivity contribution in [3.8, 4) is 11.6 Å². The molecule has 0 saturated heterocycles. The molecule has 1 amide bonds. The lowest BCUT2D eigenvalue weighted by atomic mass is 10.1. The van der Waals surface area contributed by atoms with E-state index in [-0.39, 0.29) is 23.8 Å². The van der Waals surface area contributed by atoms with Gasteiger partial charge in [-0.2, -0.15) is 10.1 Å². The average molecular weight is 451 g/mol. The first kappa shape index (κ1) is 20.5. The van der Waals surface area contributed by atoms with Gasteiger partial charge in [-0.15, -0.1) is 5.10 Å². The zero-order chi connectivity index (χ0) is 21.3. The van der Waals surface area contributed by atoms with Gasteiger partial charge in [-0.25, -0.2) is 4.39 Å². The molecular weight excluding hydrogens is 434 g/mol. The minimum absolute atomic E-state index is 0.00727. The van der Waals surface area contributed by atoms with Crippen LogP contribution >= 0.6 is 23.2 Å². The van der Waals surface area contributed by atoms with E-state index < -0.39 is 11.7 Å². The highest BCUT2D eigenvalue weighted by Gasteiger charge is 2.24. The van der Waals surface area contributed by atoms with Crippen molar-refractivity contribution in [3.05, 3.63) is 51.1 Å². The maximum atomic E-state index is 13.9. The van der Waals surface area contributed by atoms with E-state index in [1.165, 1.54) is 12.1 Å². The second-order valence-electron chi connectivity index (χ2n) is 6.89. The Kier molecular flexibility index (Phi) is 5.83. The summed E-state index contributed by atoms with van der Waals surface area (Å²) < 4.78 is 19.2. The van der Waals surface area contributed by atoms with Crippen molar-refractivity contribution < 1.29 is 13.7 Å². The van der Waals surface area contributed by atoms with Crippen LogP contribution in [0.3, 0.4) is 0 Å². The maximum absolute atomic E-state index is 13.9. The summed E-state index contributed by atoms with van der Waals surface area (Å²) in [7, 11) is 0. The molecule has 3 aromatic rings. The minimum atomic E-state index is -0.517. The lowest BCUT2D eigenvalue weighted by Gasteiger charge is -2.31. The summed E-state index contributed by atoms with van der Waals surface area (Å²) in [6, 6.07) is 4.53. The fraction of sp³-hybridized carbons (Fsp3) is 0.316. The minimum Gasteiger partial charge on any atom is -0.370 e. The molecule has 0 bridgehead atoms. The Balaban J connectivity index is 1.62. The number of nitrogens with zero attached hydrogens (tertiary/aromatic N) is 5. The van der Waals surface area contributed by atoms with Gasteiger partial charge in [0.25, 0.3) is 5.89 Å². The highest BCUT2D eigenvalue weighted by atomic mass is 35.5. The maximum Gasteiger partial charge on any atom is 0.278 e. The third-order valence-corrected chi connectivity index (χ3v) is 5.56. The fourth-order valence-corrected chi connectivity index (χ4v) is 3.78. The number of hydrogen-bond donors (Lipinski definition) is 1. The van der Waals surface area contributed by atoms with Crippen LogP contribution in [0.2, 0.25) is 10.0 Å². The summed E-state index contributed by atoms with van der Waals surface area (Å²) in [5.74, 6) is -0.410. The smallest absolute Gasteiger partial charge is 0.278 e. The Morgan fingerprint density at radius 3 is 2.93 bits per heavy atom. The van der Waals surface area contributed by atoms with E-state index in [4.69, 9.17) is 33.5 Å². The lowest BCUT2D eigenvalue weighted by molar-refractivity contribution is -0.118. The van der Waals surface area contributed by atoms with Gasteiger partial charge in [0.15, 0.2) is 11.5 Å². The number of anilines is 1. The number of halogens is 3. The highest BCUT2D eigenvalue weighted by molar-refractivity contribution is 6.36. The molecule has 0 fully saturated rings. The molecule has 0 atom stereocenters. The molecule has 0 saturated carbocycles. The number of primary amides is 1. The van der Waals surface area contributed by atoms with Crippen LogP contribution in [0.25, 0.3) is 11.6 Å². The fourth-order valence-electron chi connectivity index (χ4n) is 3.28. The monoisotopic (exact) mass is 450 g/mol. The van der Waals surface area contributed by atoms with Gasteiger partial charge < -0.3 is 15.2 Å². The number of fused-ring (bicyclic) bond motifs is 1. The molecule has 0 aliphatic carbocycles. The average Bonchev–Trinajstić information content (AvgIpc) is 3.21. The van der Waals surface area contributed by atoms with Crippen LogP contribution in [-0.2, 0) is 24.2 Å². The molecule has 8 nitrogen and oxygen atoms in total. The first-order chi connectivity index (χ1) is 14.4. The molecule has 156 valence electrons. The molecule has 2 N–H and O–H groups in total. The number of nitrogens with two attached hydrogens (primary N) is 1. The van der Waals surface area contributed by atoms with E-state index >= 15 is 0 Å². The van der Waals surface area contributed by atoms with Crippen LogP contribution in [-0.4, -0.2) is 32.8 Å². The number of hydrogen-bond acceptors (Lipinski definition) is 7. The summed E-state index contributed by atoms with van der Waals surface area (Å²) in [6.45, 7) is 1.04. The number of aromatic nitrogens is 4. The van der Waals surface area contributed by atoms with Gasteiger partial charge in [0, 0.05) is 36.5 Å². The largest absolute Gasteiger partial charge is 0.370 e. The van der Waals surface area contributed by atoms with Crippen LogP contribution in [0.4, 0.5) is 10.1 Å². The van der Waals surface area contributed by atoms with Crippen molar-refractivity contribution in [2.75, 3.05) is 11.4 Å². The molecule has 30 heavy (non-hydrogen) atoms. The molecule has 0 unspecified atom stereocenters. The van der Waals surface area contributed by atoms with Gasteiger partial charge >= 0.3 is 0 Å². The molecule has 3 heterocycles. The summed E-state index contributed by atoms with van der Waals surface area (Å²) >= 11 is 12.4. The number of carbonyl (C=O) groups is 1. The third kappa shape index (κ3) is 4.22. The Bertz CT molecular complexity index is 1110. The van der Waals surface area contributed by atoms with Crippen molar-refractivity contribution in [2.24, 2.45) is 5.73 Å². The zero-order valence-corrected chi connectivity index (χ0v) is 17.3. The molecular formula is C19H17Cl2FN6O2. The first-order valence-corrected chi connectivity index (χ1v) is 10.0. The molecule has 1 aliphatic rings. The van der Waals surface area contributed by atoms with E-state index in [2.05, 4.69) is 20.3 Å². The van der Waals surface area contributed by atoms with Crippen molar-refractivity contribution >= 4 is 34.8 Å². The van der Waals surface area contributed by atoms with E-state index in [1.807, 2.05) is 4.90 Å². The summed E-state index contributed by atoms with van der Waals surface area (Å²) in [5, 5.41) is 12.7. The number of amides is 1. The summed E-state index contributed by atoms with van der Waals surface area (Å²) in [4.78, 5) is 17.2. The molecule has 4 rings (SSSR count). The highest BCUT2D eigenvalue weighted by Crippen LogP contribution is 2.34. The second-order valence-corrected chi connectivity index (χ2v) is 7.68. The molecule has 0 spiro atoms. The SMILES string of the molecule is NC(=O)CCc1noc(-c2cc3c(nn2)CCCN3Cc2c(Cl)ccc(F)c2Cl)n1. The van der Waals surface area contributed by atoms with Crippen LogP contribution < -0.4 is 10.6 Å². The molecule has 11 heteroatoms. The van der Waals surface area contributed by atoms with E-state index in [0.717, 1.165) is 30.8 Å². The predicted octanol–water partition coefficient (Wildman–Crippen LogP) is 3.34. The van der Waals surface area contributed by atoms with Crippen molar-refractivity contribution in [1.82, 2.24) is 20.3 Å². The van der Waals surface area contributed by atoms with Gasteiger partial charge in [0.2, 0.25) is 5.91 Å². The zero-order valence-electron chi connectivity index (χ0n) is 15.7. The lowest BCUT2D eigenvalue weighted by Crippen LogP contribution is -2.30. The number of benzene rings is 1. The quantitative estimate of drug-likeness (QED) is 0.573. The summed E-state index contributed by atoms with van der Waals surface area (Å²) in [5.41, 5.74) is 7.68. The van der Waals surface area contributed by atoms with Gasteiger partial charge in [0.1, 0.15) is 5.82 Å². The summed E-state index contributed by atoms with van der Waals surface area (Å²) in [6.07, 6.45) is 2.03. The van der Waals surface area contributed by atoms with Gasteiger partial charge in [-0.05, 0) is 31.0 Å². The Morgan fingerprint density at radius 1 is 1.30 bits per heavy atom. The second kappa shape index (κ2) is 8.53. The van der Waals surface area contributed by atoms with Crippen molar-refractivity contribution in [3.63, 3.8) is 0 Å². The van der Waals surface area contributed by atoms with E-state index in [0.29, 0.717) is 28.6 Å². The Morgan fingerprint density at radius 2 is 2.13 bits per heavy atom. The standard InChI is InChI=1S/C19H17Cl2FN6O2/c20-11-3-4-12(22)18(21)10(11)9-28-7-1-2-13-15(28)8-14(26-25-13)19-24-17(27-30-19)6-5-16(23)29/h3-4,8H,1-2,5-7,9H2,(H2,23,29). The van der Waals surface area contributed by atoms with Crippen molar-refractivity contribution in [1.29, 1.82) is 0 Å². The normalized spacial score (nSPS) is 13.4. The molecule has 1 aliphatic heterocycles. The van der Waals surface area contributed by atoms with Gasteiger partial charge in [-0.1, -0.05) is 28.4 Å². The van der Waals surface area contributed by atoms with E-state index in [1.54, 1.807) is 6.07 Å². The van der Waals surface area contributed by atoms with E-state index in [9.17, 15) is 9.18 Å². The van der Waals surface area contributed by atoms with Crippen LogP contribution in [0.15, 0.2) is 22.7 Å². The van der Waals surface area contributed by atoms with Crippen LogP contribution in [0.5, 0.6) is 0 Å². The molecule has 0 radical (unpaired) electrons. The topological polar surface area (TPSA) is 111 Å². The number of aryl methyl sites for hydroxylation is 2. The number of carbonyl (C=O) groups excluding carboxylic acids is 1. The van der Waals surface area contributed by atoms with Gasteiger partial charge in [-0.3, -0.25) is 4.79 Å². The molecule has 1 aromatic carbocycles. The predicted molar refractivity (Wildman–Crippen MR) is 109 cm³/mol. The molecule has 2 aromatic heterocycles. The number of rotatable bonds is 6. The first-order valence-electron chi connectivity index (χ1n) is 9.27. The third-order valence-electron chi connectivity index (χ3n) is 4.80. The van der Waals surface area contributed by atoms with Crippen LogP contribution in [0.1, 0.15) is 29.9 Å². The Hall–Kier alpha value is -2.78. The van der Waals surface area contributed by atoms with Gasteiger partial charge in [0.05, 0.1) is 16.4 Å². The Labute approximate surface area is 181 Å². The van der Waals surface area contributed by atoms with Crippen molar-refractivity contribution in [2.45, 2.75) is 32.2 Å². The van der Waals surface area contributed by atoms with Crippen LogP contribution in [0, 0.1) is 5.82 Å².